The molecule has 0 unspecified atom stereocenters. The maximum atomic E-state index is 11.8. The number of carboxylic acids is 1. The predicted molar refractivity (Wildman–Crippen MR) is 97.8 cm³/mol. The second-order valence-corrected chi connectivity index (χ2v) is 7.29. The molecule has 3 nitrogen and oxygen atoms in total. The van der Waals surface area contributed by atoms with Crippen LogP contribution in [0.2, 0.25) is 5.02 Å². The summed E-state index contributed by atoms with van der Waals surface area (Å²) in [4.78, 5) is 16.4. The van der Waals surface area contributed by atoms with E-state index in [9.17, 15) is 9.90 Å². The van der Waals surface area contributed by atoms with Crippen molar-refractivity contribution >= 4 is 28.5 Å². The van der Waals surface area contributed by atoms with Crippen molar-refractivity contribution in [3.8, 4) is 11.3 Å². The maximum absolute atomic E-state index is 11.8. The first-order valence-corrected chi connectivity index (χ1v) is 8.08. The van der Waals surface area contributed by atoms with Gasteiger partial charge >= 0.3 is 5.97 Å². The van der Waals surface area contributed by atoms with Gasteiger partial charge < -0.3 is 5.11 Å². The molecule has 3 aromatic rings. The minimum Gasteiger partial charge on any atom is -0.478 e. The molecular weight excluding hydrogens is 322 g/mol. The number of pyridine rings is 1. The quantitative estimate of drug-likeness (QED) is 0.665. The number of benzene rings is 2. The SMILES string of the molecule is CC(C)(C)c1ccc2nc(-c3cccc(Cl)c3)cc(C(=O)O)c2c1. The van der Waals surface area contributed by atoms with Gasteiger partial charge in [0.2, 0.25) is 0 Å². The Morgan fingerprint density at radius 2 is 1.83 bits per heavy atom. The fraction of sp³-hybridized carbons (Fsp3) is 0.200. The van der Waals surface area contributed by atoms with Crippen LogP contribution in [0.3, 0.4) is 0 Å². The molecule has 0 fully saturated rings. The summed E-state index contributed by atoms with van der Waals surface area (Å²) in [5.74, 6) is -0.961. The molecule has 0 aliphatic carbocycles. The number of rotatable bonds is 2. The highest BCUT2D eigenvalue weighted by atomic mass is 35.5. The minimum atomic E-state index is -0.961. The molecule has 0 aliphatic heterocycles. The third-order valence-corrected chi connectivity index (χ3v) is 4.26. The first-order chi connectivity index (χ1) is 11.3. The zero-order chi connectivity index (χ0) is 17.5. The molecule has 0 radical (unpaired) electrons. The topological polar surface area (TPSA) is 50.2 Å². The van der Waals surface area contributed by atoms with Crippen LogP contribution in [0.4, 0.5) is 0 Å². The molecule has 4 heteroatoms. The molecule has 2 aromatic carbocycles. The Morgan fingerprint density at radius 1 is 1.08 bits per heavy atom. The first kappa shape index (κ1) is 16.5. The van der Waals surface area contributed by atoms with Crippen LogP contribution >= 0.6 is 11.6 Å². The number of halogens is 1. The summed E-state index contributed by atoms with van der Waals surface area (Å²) in [5, 5.41) is 10.9. The predicted octanol–water partition coefficient (Wildman–Crippen LogP) is 5.55. The van der Waals surface area contributed by atoms with Gasteiger partial charge in [-0.1, -0.05) is 50.6 Å². The largest absolute Gasteiger partial charge is 0.478 e. The second-order valence-electron chi connectivity index (χ2n) is 6.85. The van der Waals surface area contributed by atoms with E-state index >= 15 is 0 Å². The lowest BCUT2D eigenvalue weighted by atomic mass is 9.86. The van der Waals surface area contributed by atoms with Crippen molar-refractivity contribution in [1.29, 1.82) is 0 Å². The summed E-state index contributed by atoms with van der Waals surface area (Å²) >= 11 is 6.04. The molecule has 0 bridgehead atoms. The highest BCUT2D eigenvalue weighted by Gasteiger charge is 2.18. The molecule has 0 spiro atoms. The molecule has 1 aromatic heterocycles. The smallest absolute Gasteiger partial charge is 0.336 e. The number of fused-ring (bicyclic) bond motifs is 1. The van der Waals surface area contributed by atoms with Crippen molar-refractivity contribution in [2.45, 2.75) is 26.2 Å². The van der Waals surface area contributed by atoms with Gasteiger partial charge in [-0.2, -0.15) is 0 Å². The Hall–Kier alpha value is -2.39. The lowest BCUT2D eigenvalue weighted by molar-refractivity contribution is 0.0699. The van der Waals surface area contributed by atoms with Crippen LogP contribution in [0.5, 0.6) is 0 Å². The number of hydrogen-bond acceptors (Lipinski definition) is 2. The van der Waals surface area contributed by atoms with E-state index in [4.69, 9.17) is 11.6 Å². The molecule has 1 heterocycles. The van der Waals surface area contributed by atoms with Gasteiger partial charge in [0.25, 0.3) is 0 Å². The van der Waals surface area contributed by atoms with Gasteiger partial charge in [0.15, 0.2) is 0 Å². The Balaban J connectivity index is 2.28. The molecule has 0 saturated heterocycles. The van der Waals surface area contributed by atoms with Crippen LogP contribution in [0.1, 0.15) is 36.7 Å². The summed E-state index contributed by atoms with van der Waals surface area (Å²) in [7, 11) is 0. The van der Waals surface area contributed by atoms with Crippen molar-refractivity contribution in [1.82, 2.24) is 4.98 Å². The molecule has 24 heavy (non-hydrogen) atoms. The van der Waals surface area contributed by atoms with Crippen LogP contribution < -0.4 is 0 Å². The number of nitrogens with zero attached hydrogens (tertiary/aromatic N) is 1. The summed E-state index contributed by atoms with van der Waals surface area (Å²) < 4.78 is 0. The van der Waals surface area contributed by atoms with E-state index in [1.54, 1.807) is 18.2 Å². The summed E-state index contributed by atoms with van der Waals surface area (Å²) in [5.41, 5.74) is 3.33. The Bertz CT molecular complexity index is 942. The van der Waals surface area contributed by atoms with Gasteiger partial charge in [-0.15, -0.1) is 0 Å². The van der Waals surface area contributed by atoms with Gasteiger partial charge in [0, 0.05) is 16.0 Å². The standard InChI is InChI=1S/C20H18ClNO2/c1-20(2,3)13-7-8-17-15(10-13)16(19(23)24)11-18(22-17)12-5-4-6-14(21)9-12/h4-11H,1-3H3,(H,23,24). The van der Waals surface area contributed by atoms with E-state index in [2.05, 4.69) is 25.8 Å². The van der Waals surface area contributed by atoms with E-state index in [-0.39, 0.29) is 11.0 Å². The monoisotopic (exact) mass is 339 g/mol. The summed E-state index contributed by atoms with van der Waals surface area (Å²) in [6, 6.07) is 14.7. The number of carboxylic acid groups (broad SMARTS) is 1. The fourth-order valence-corrected chi connectivity index (χ4v) is 2.86. The lowest BCUT2D eigenvalue weighted by Gasteiger charge is -2.20. The zero-order valence-electron chi connectivity index (χ0n) is 13.8. The van der Waals surface area contributed by atoms with Crippen LogP contribution in [-0.4, -0.2) is 16.1 Å². The molecule has 0 atom stereocenters. The van der Waals surface area contributed by atoms with E-state index in [1.165, 1.54) is 0 Å². The molecule has 1 N–H and O–H groups in total. The Labute approximate surface area is 145 Å². The average molecular weight is 340 g/mol. The third kappa shape index (κ3) is 3.13. The van der Waals surface area contributed by atoms with Gasteiger partial charge in [-0.05, 0) is 41.3 Å². The normalized spacial score (nSPS) is 11.7. The maximum Gasteiger partial charge on any atom is 0.336 e. The summed E-state index contributed by atoms with van der Waals surface area (Å²) in [6.45, 7) is 6.30. The number of aromatic nitrogens is 1. The van der Waals surface area contributed by atoms with Crippen molar-refractivity contribution < 1.29 is 9.90 Å². The van der Waals surface area contributed by atoms with Crippen LogP contribution in [0, 0.1) is 0 Å². The number of aromatic carboxylic acids is 1. The zero-order valence-corrected chi connectivity index (χ0v) is 14.6. The molecular formula is C20H18ClNO2. The molecule has 0 saturated carbocycles. The second kappa shape index (κ2) is 5.91. The molecule has 3 rings (SSSR count). The number of hydrogen-bond donors (Lipinski definition) is 1. The van der Waals surface area contributed by atoms with E-state index < -0.39 is 5.97 Å². The van der Waals surface area contributed by atoms with E-state index in [1.807, 2.05) is 30.3 Å². The lowest BCUT2D eigenvalue weighted by Crippen LogP contribution is -2.11. The minimum absolute atomic E-state index is 0.0599. The van der Waals surface area contributed by atoms with Crippen molar-refractivity contribution in [3.63, 3.8) is 0 Å². The van der Waals surface area contributed by atoms with Crippen LogP contribution in [0.15, 0.2) is 48.5 Å². The summed E-state index contributed by atoms with van der Waals surface area (Å²) in [6.07, 6.45) is 0. The average Bonchev–Trinajstić information content (AvgIpc) is 2.52. The highest BCUT2D eigenvalue weighted by molar-refractivity contribution is 6.30. The first-order valence-electron chi connectivity index (χ1n) is 7.70. The van der Waals surface area contributed by atoms with Gasteiger partial charge in [0.1, 0.15) is 0 Å². The molecule has 0 aliphatic rings. The highest BCUT2D eigenvalue weighted by Crippen LogP contribution is 2.30. The van der Waals surface area contributed by atoms with E-state index in [0.29, 0.717) is 21.6 Å². The van der Waals surface area contributed by atoms with Crippen molar-refractivity contribution in [2.75, 3.05) is 0 Å². The molecule has 0 amide bonds. The van der Waals surface area contributed by atoms with Gasteiger partial charge in [-0.25, -0.2) is 9.78 Å². The van der Waals surface area contributed by atoms with Crippen LogP contribution in [0.25, 0.3) is 22.2 Å². The van der Waals surface area contributed by atoms with Crippen molar-refractivity contribution in [3.05, 3.63) is 64.7 Å². The van der Waals surface area contributed by atoms with Gasteiger partial charge in [-0.3, -0.25) is 0 Å². The van der Waals surface area contributed by atoms with Crippen LogP contribution in [-0.2, 0) is 5.41 Å². The Kier molecular flexibility index (Phi) is 4.06. The Morgan fingerprint density at radius 3 is 2.46 bits per heavy atom. The number of carbonyl (C=O) groups is 1. The third-order valence-electron chi connectivity index (χ3n) is 4.03. The van der Waals surface area contributed by atoms with E-state index in [0.717, 1.165) is 11.1 Å². The fourth-order valence-electron chi connectivity index (χ4n) is 2.66. The van der Waals surface area contributed by atoms with Crippen molar-refractivity contribution in [2.24, 2.45) is 0 Å². The van der Waals surface area contributed by atoms with Gasteiger partial charge in [0.05, 0.1) is 16.8 Å². The molecule has 122 valence electrons.